The van der Waals surface area contributed by atoms with Crippen LogP contribution in [0.3, 0.4) is 0 Å². The van der Waals surface area contributed by atoms with Crippen LogP contribution in [0.2, 0.25) is 10.0 Å². The summed E-state index contributed by atoms with van der Waals surface area (Å²) in [7, 11) is -3.64. The molecule has 0 heterocycles. The van der Waals surface area contributed by atoms with E-state index in [2.05, 4.69) is 5.32 Å². The van der Waals surface area contributed by atoms with Crippen molar-refractivity contribution in [3.63, 3.8) is 0 Å². The van der Waals surface area contributed by atoms with Crippen LogP contribution in [0, 0.1) is 0 Å². The maximum atomic E-state index is 12.0. The standard InChI is InChI=1S/C15H23Cl2NO5P/c1-3-22-15(23-4-2)24(20,21)10-12(19)9-18-8-11-5-6-13(16)14(17)7-11/h5-7,15,18,20-21H,3-4,8-10H2,1-2H3/q+1. The molecule has 1 aromatic rings. The van der Waals surface area contributed by atoms with Gasteiger partial charge in [-0.05, 0) is 31.5 Å². The molecule has 6 nitrogen and oxygen atoms in total. The molecule has 9 heteroatoms. The smallest absolute Gasteiger partial charge is 0.317 e. The average molecular weight is 399 g/mol. The third kappa shape index (κ3) is 7.30. The molecule has 0 aliphatic heterocycles. The molecule has 3 N–H and O–H groups in total. The SMILES string of the molecule is CCOC(OCC)[P+](O)(O)CC(=O)CNCc1ccc(Cl)c(Cl)c1. The van der Waals surface area contributed by atoms with E-state index < -0.39 is 19.9 Å². The Hall–Kier alpha value is -0.300. The predicted molar refractivity (Wildman–Crippen MR) is 96.4 cm³/mol. The number of Topliss-reactive ketones (excluding diaryl/α,β-unsaturated/α-hetero) is 1. The molecule has 0 aliphatic rings. The minimum Gasteiger partial charge on any atom is -0.317 e. The van der Waals surface area contributed by atoms with Crippen LogP contribution in [0.1, 0.15) is 19.4 Å². The summed E-state index contributed by atoms with van der Waals surface area (Å²) in [5.74, 6) is -0.335. The molecular formula is C15H23Cl2NO5P+. The second-order valence-electron chi connectivity index (χ2n) is 5.05. The van der Waals surface area contributed by atoms with Gasteiger partial charge in [0.05, 0.1) is 29.8 Å². The second kappa shape index (κ2) is 10.6. The zero-order valence-electron chi connectivity index (χ0n) is 13.7. The summed E-state index contributed by atoms with van der Waals surface area (Å²) in [5.41, 5.74) is 0.868. The number of halogens is 2. The maximum absolute atomic E-state index is 12.0. The average Bonchev–Trinajstić information content (AvgIpc) is 2.50. The molecule has 24 heavy (non-hydrogen) atoms. The highest BCUT2D eigenvalue weighted by atomic mass is 35.5. The monoisotopic (exact) mass is 398 g/mol. The summed E-state index contributed by atoms with van der Waals surface area (Å²) in [6, 6.07) is 4.01. The van der Waals surface area contributed by atoms with Crippen LogP contribution in [0.25, 0.3) is 0 Å². The topological polar surface area (TPSA) is 88.0 Å². The lowest BCUT2D eigenvalue weighted by Gasteiger charge is -2.21. The van der Waals surface area contributed by atoms with Gasteiger partial charge >= 0.3 is 13.7 Å². The summed E-state index contributed by atoms with van der Waals surface area (Å²) >= 11 is 11.8. The molecule has 0 aliphatic carbocycles. The fraction of sp³-hybridized carbons (Fsp3) is 0.533. The van der Waals surface area contributed by atoms with E-state index in [1.165, 1.54) is 0 Å². The van der Waals surface area contributed by atoms with Gasteiger partial charge in [-0.25, -0.2) is 9.79 Å². The number of carbonyl (C=O) groups excluding carboxylic acids is 1. The quantitative estimate of drug-likeness (QED) is 0.392. The number of rotatable bonds is 11. The lowest BCUT2D eigenvalue weighted by atomic mass is 10.2. The van der Waals surface area contributed by atoms with E-state index in [9.17, 15) is 14.6 Å². The number of nitrogens with one attached hydrogen (secondary N) is 1. The Kier molecular flexibility index (Phi) is 9.64. The van der Waals surface area contributed by atoms with E-state index >= 15 is 0 Å². The molecule has 0 radical (unpaired) electrons. The van der Waals surface area contributed by atoms with E-state index in [-0.39, 0.29) is 25.5 Å². The van der Waals surface area contributed by atoms with Gasteiger partial charge in [-0.3, -0.25) is 4.79 Å². The molecule has 0 spiro atoms. The maximum Gasteiger partial charge on any atom is 0.334 e. The van der Waals surface area contributed by atoms with Crippen molar-refractivity contribution in [2.24, 2.45) is 0 Å². The first-order valence-electron chi connectivity index (χ1n) is 7.53. The fourth-order valence-corrected chi connectivity index (χ4v) is 3.83. The first-order valence-corrected chi connectivity index (χ1v) is 10.2. The van der Waals surface area contributed by atoms with Crippen LogP contribution < -0.4 is 5.32 Å². The molecule has 0 atom stereocenters. The lowest BCUT2D eigenvalue weighted by Crippen LogP contribution is -2.30. The first kappa shape index (κ1) is 21.7. The fourth-order valence-electron chi connectivity index (χ4n) is 1.96. The molecule has 136 valence electrons. The molecule has 0 fully saturated rings. The highest BCUT2D eigenvalue weighted by Crippen LogP contribution is 2.55. The zero-order valence-corrected chi connectivity index (χ0v) is 16.1. The van der Waals surface area contributed by atoms with E-state index in [0.29, 0.717) is 16.6 Å². The molecule has 0 bridgehead atoms. The van der Waals surface area contributed by atoms with E-state index in [4.69, 9.17) is 32.7 Å². The van der Waals surface area contributed by atoms with Crippen molar-refractivity contribution in [2.45, 2.75) is 26.4 Å². The lowest BCUT2D eigenvalue weighted by molar-refractivity contribution is -0.117. The molecule has 0 unspecified atom stereocenters. The number of carbonyl (C=O) groups is 1. The first-order chi connectivity index (χ1) is 11.3. The molecule has 0 saturated carbocycles. The van der Waals surface area contributed by atoms with Gasteiger partial charge in [-0.15, -0.1) is 0 Å². The molecular weight excluding hydrogens is 376 g/mol. The minimum absolute atomic E-state index is 0.00587. The largest absolute Gasteiger partial charge is 0.334 e. The Morgan fingerprint density at radius 1 is 1.21 bits per heavy atom. The van der Waals surface area contributed by atoms with E-state index in [0.717, 1.165) is 5.56 Å². The second-order valence-corrected chi connectivity index (χ2v) is 8.18. The van der Waals surface area contributed by atoms with Gasteiger partial charge in [0, 0.05) is 6.54 Å². The van der Waals surface area contributed by atoms with Crippen LogP contribution in [0.5, 0.6) is 0 Å². The number of hydrogen-bond donors (Lipinski definition) is 3. The third-order valence-corrected chi connectivity index (χ3v) is 5.53. The summed E-state index contributed by atoms with van der Waals surface area (Å²) < 4.78 is 10.3. The van der Waals surface area contributed by atoms with E-state index in [1.807, 2.05) is 0 Å². The van der Waals surface area contributed by atoms with Crippen LogP contribution in [0.4, 0.5) is 0 Å². The van der Waals surface area contributed by atoms with Gasteiger partial charge in [0.1, 0.15) is 0 Å². The molecule has 0 saturated heterocycles. The Balaban J connectivity index is 2.47. The minimum atomic E-state index is -3.64. The van der Waals surface area contributed by atoms with Gasteiger partial charge in [-0.2, -0.15) is 0 Å². The number of ether oxygens (including phenoxy) is 2. The zero-order chi connectivity index (χ0) is 18.2. The Bertz CT molecular complexity index is 539. The summed E-state index contributed by atoms with van der Waals surface area (Å²) in [4.78, 5) is 32.2. The van der Waals surface area contributed by atoms with Crippen molar-refractivity contribution in [1.29, 1.82) is 0 Å². The van der Waals surface area contributed by atoms with Gasteiger partial charge < -0.3 is 14.8 Å². The Morgan fingerprint density at radius 2 is 1.83 bits per heavy atom. The van der Waals surface area contributed by atoms with Crippen molar-refractivity contribution >= 4 is 36.7 Å². The molecule has 0 amide bonds. The normalized spacial score (nSPS) is 12.0. The highest BCUT2D eigenvalue weighted by molar-refractivity contribution is 7.65. The van der Waals surface area contributed by atoms with Crippen molar-refractivity contribution in [1.82, 2.24) is 5.32 Å². The van der Waals surface area contributed by atoms with Crippen molar-refractivity contribution in [3.8, 4) is 0 Å². The number of hydrogen-bond acceptors (Lipinski definition) is 6. The number of benzene rings is 1. The predicted octanol–water partition coefficient (Wildman–Crippen LogP) is 2.84. The van der Waals surface area contributed by atoms with Crippen LogP contribution >= 0.6 is 30.9 Å². The molecule has 1 aromatic carbocycles. The summed E-state index contributed by atoms with van der Waals surface area (Å²) in [6.45, 7) is 4.35. The van der Waals surface area contributed by atoms with Gasteiger partial charge in [0.15, 0.2) is 11.9 Å². The van der Waals surface area contributed by atoms with Gasteiger partial charge in [-0.1, -0.05) is 29.3 Å². The van der Waals surface area contributed by atoms with Crippen LogP contribution in [-0.4, -0.2) is 47.5 Å². The van der Waals surface area contributed by atoms with E-state index in [1.54, 1.807) is 32.0 Å². The molecule has 0 aromatic heterocycles. The third-order valence-electron chi connectivity index (χ3n) is 3.00. The summed E-state index contributed by atoms with van der Waals surface area (Å²) in [5, 5.41) is 3.84. The Labute approximate surface area is 152 Å². The highest BCUT2D eigenvalue weighted by Gasteiger charge is 2.48. The van der Waals surface area contributed by atoms with Gasteiger partial charge in [0.2, 0.25) is 0 Å². The van der Waals surface area contributed by atoms with Crippen molar-refractivity contribution in [3.05, 3.63) is 33.8 Å². The van der Waals surface area contributed by atoms with Crippen LogP contribution in [-0.2, 0) is 20.8 Å². The molecule has 1 rings (SSSR count). The van der Waals surface area contributed by atoms with Gasteiger partial charge in [0.25, 0.3) is 0 Å². The summed E-state index contributed by atoms with van der Waals surface area (Å²) in [6.07, 6.45) is -0.397. The van der Waals surface area contributed by atoms with Crippen molar-refractivity contribution in [2.75, 3.05) is 25.9 Å². The van der Waals surface area contributed by atoms with Crippen molar-refractivity contribution < 1.29 is 24.1 Å². The number of ketones is 1. The van der Waals surface area contributed by atoms with Crippen LogP contribution in [0.15, 0.2) is 18.2 Å². The Morgan fingerprint density at radius 3 is 2.38 bits per heavy atom.